The van der Waals surface area contributed by atoms with Gasteiger partial charge in [-0.15, -0.1) is 0 Å². The van der Waals surface area contributed by atoms with Crippen LogP contribution in [0, 0.1) is 0 Å². The van der Waals surface area contributed by atoms with Crippen molar-refractivity contribution in [1.82, 2.24) is 9.97 Å². The van der Waals surface area contributed by atoms with Gasteiger partial charge in [0.15, 0.2) is 5.69 Å². The lowest BCUT2D eigenvalue weighted by Crippen LogP contribution is -2.22. The van der Waals surface area contributed by atoms with Gasteiger partial charge < -0.3 is 15.7 Å². The first-order valence-electron chi connectivity index (χ1n) is 7.27. The van der Waals surface area contributed by atoms with E-state index in [4.69, 9.17) is 5.11 Å². The summed E-state index contributed by atoms with van der Waals surface area (Å²) in [5, 5.41) is 13.7. The first-order valence-corrected chi connectivity index (χ1v) is 7.27. The Hall–Kier alpha value is -2.56. The molecule has 1 aromatic heterocycles. The highest BCUT2D eigenvalue weighted by Gasteiger charge is 2.35. The Labute approximate surface area is 144 Å². The van der Waals surface area contributed by atoms with E-state index in [1.165, 1.54) is 13.0 Å². The zero-order chi connectivity index (χ0) is 19.5. The van der Waals surface area contributed by atoms with Crippen molar-refractivity contribution < 1.29 is 31.4 Å². The van der Waals surface area contributed by atoms with E-state index in [1.54, 1.807) is 0 Å². The molecule has 11 heteroatoms. The minimum atomic E-state index is -4.83. The number of nitrogens with zero attached hydrogens (tertiary/aromatic N) is 2. The second-order valence-corrected chi connectivity index (χ2v) is 5.36. The number of benzene rings is 1. The Morgan fingerprint density at radius 1 is 1.04 bits per heavy atom. The predicted molar refractivity (Wildman–Crippen MR) is 81.9 cm³/mol. The number of aliphatic hydroxyl groups is 1. The molecule has 2 aromatic rings. The summed E-state index contributed by atoms with van der Waals surface area (Å²) in [6.45, 7) is 1.06. The van der Waals surface area contributed by atoms with Crippen LogP contribution in [0.5, 0.6) is 0 Å². The molecule has 26 heavy (non-hydrogen) atoms. The monoisotopic (exact) mass is 380 g/mol. The summed E-state index contributed by atoms with van der Waals surface area (Å²) >= 11 is 0. The van der Waals surface area contributed by atoms with Crippen LogP contribution in [0.1, 0.15) is 18.2 Å². The topological polar surface area (TPSA) is 70.1 Å². The Morgan fingerprint density at radius 2 is 1.69 bits per heavy atom. The molecule has 0 aliphatic rings. The summed E-state index contributed by atoms with van der Waals surface area (Å²) in [5.41, 5.74) is -2.84. The number of alkyl halides is 6. The molecular weight excluding hydrogens is 366 g/mol. The smallest absolute Gasteiger partial charge is 0.394 e. The third kappa shape index (κ3) is 4.97. The number of para-hydroxylation sites is 1. The minimum absolute atomic E-state index is 0.403. The van der Waals surface area contributed by atoms with Crippen molar-refractivity contribution in [3.05, 3.63) is 41.6 Å². The van der Waals surface area contributed by atoms with E-state index in [-0.39, 0.29) is 0 Å². The molecule has 0 aliphatic heterocycles. The maximum atomic E-state index is 13.0. The predicted octanol–water partition coefficient (Wildman–Crippen LogP) is 4.05. The van der Waals surface area contributed by atoms with Crippen LogP contribution in [-0.4, -0.2) is 27.7 Å². The average molecular weight is 380 g/mol. The molecule has 1 atom stereocenters. The van der Waals surface area contributed by atoms with Crippen molar-refractivity contribution in [2.24, 2.45) is 0 Å². The number of rotatable bonds is 5. The molecular formula is C15H14F6N4O. The zero-order valence-electron chi connectivity index (χ0n) is 13.3. The summed E-state index contributed by atoms with van der Waals surface area (Å²) in [6, 6.07) is 4.17. The van der Waals surface area contributed by atoms with Crippen LogP contribution in [0.25, 0.3) is 0 Å². The average Bonchev–Trinajstić information content (AvgIpc) is 2.53. The second kappa shape index (κ2) is 7.36. The van der Waals surface area contributed by atoms with Gasteiger partial charge >= 0.3 is 12.4 Å². The van der Waals surface area contributed by atoms with E-state index in [9.17, 15) is 26.3 Å². The van der Waals surface area contributed by atoms with Gasteiger partial charge in [0.05, 0.1) is 17.9 Å². The highest BCUT2D eigenvalue weighted by atomic mass is 19.4. The molecule has 0 aliphatic carbocycles. The van der Waals surface area contributed by atoms with Crippen molar-refractivity contribution in [3.63, 3.8) is 0 Å². The molecule has 1 heterocycles. The van der Waals surface area contributed by atoms with E-state index in [2.05, 4.69) is 20.6 Å². The van der Waals surface area contributed by atoms with Crippen LogP contribution in [0.2, 0.25) is 0 Å². The van der Waals surface area contributed by atoms with E-state index in [0.29, 0.717) is 6.07 Å². The summed E-state index contributed by atoms with van der Waals surface area (Å²) < 4.78 is 78.1. The van der Waals surface area contributed by atoms with Gasteiger partial charge in [-0.25, -0.2) is 4.98 Å². The van der Waals surface area contributed by atoms with Gasteiger partial charge in [-0.05, 0) is 19.1 Å². The number of halogens is 6. The van der Waals surface area contributed by atoms with Crippen molar-refractivity contribution >= 4 is 17.5 Å². The van der Waals surface area contributed by atoms with E-state index >= 15 is 0 Å². The molecule has 142 valence electrons. The molecule has 3 N–H and O–H groups in total. The Balaban J connectivity index is 2.45. The van der Waals surface area contributed by atoms with E-state index < -0.39 is 53.7 Å². The lowest BCUT2D eigenvalue weighted by Gasteiger charge is -2.17. The first kappa shape index (κ1) is 19.8. The molecule has 0 unspecified atom stereocenters. The standard InChI is InChI=1S/C15H14F6N4O/c1-8(7-26)22-13-24-11(15(19,20)21)6-12(25-13)23-10-5-3-2-4-9(10)14(16,17)18/h2-6,8,26H,7H2,1H3,(H2,22,23,24,25)/t8-/m1/s1. The maximum Gasteiger partial charge on any atom is 0.433 e. The van der Waals surface area contributed by atoms with Crippen LogP contribution in [0.3, 0.4) is 0 Å². The number of hydrogen-bond donors (Lipinski definition) is 3. The van der Waals surface area contributed by atoms with Crippen molar-refractivity contribution in [2.75, 3.05) is 17.2 Å². The number of aliphatic hydroxyl groups excluding tert-OH is 1. The lowest BCUT2D eigenvalue weighted by molar-refractivity contribution is -0.141. The normalized spacial score (nSPS) is 13.4. The minimum Gasteiger partial charge on any atom is -0.394 e. The quantitative estimate of drug-likeness (QED) is 0.683. The summed E-state index contributed by atoms with van der Waals surface area (Å²) in [5.74, 6) is -0.954. The molecule has 0 radical (unpaired) electrons. The number of hydrogen-bond acceptors (Lipinski definition) is 5. The van der Waals surface area contributed by atoms with Crippen LogP contribution in [0.15, 0.2) is 30.3 Å². The highest BCUT2D eigenvalue weighted by Crippen LogP contribution is 2.36. The highest BCUT2D eigenvalue weighted by molar-refractivity contribution is 5.62. The van der Waals surface area contributed by atoms with Crippen LogP contribution in [-0.2, 0) is 12.4 Å². The van der Waals surface area contributed by atoms with E-state index in [0.717, 1.165) is 18.2 Å². The van der Waals surface area contributed by atoms with Crippen LogP contribution in [0.4, 0.5) is 43.8 Å². The van der Waals surface area contributed by atoms with Crippen molar-refractivity contribution in [2.45, 2.75) is 25.3 Å². The number of anilines is 3. The summed E-state index contributed by atoms with van der Waals surface area (Å²) in [4.78, 5) is 7.03. The fourth-order valence-electron chi connectivity index (χ4n) is 1.96. The Morgan fingerprint density at radius 3 is 2.27 bits per heavy atom. The second-order valence-electron chi connectivity index (χ2n) is 5.36. The van der Waals surface area contributed by atoms with E-state index in [1.807, 2.05) is 0 Å². The molecule has 2 rings (SSSR count). The molecule has 0 fully saturated rings. The fraction of sp³-hybridized carbons (Fsp3) is 0.333. The van der Waals surface area contributed by atoms with Gasteiger partial charge in [0.2, 0.25) is 5.95 Å². The van der Waals surface area contributed by atoms with Gasteiger partial charge in [0.25, 0.3) is 0 Å². The summed E-state index contributed by atoms with van der Waals surface area (Å²) in [7, 11) is 0. The molecule has 0 saturated heterocycles. The van der Waals surface area contributed by atoms with Gasteiger partial charge in [-0.1, -0.05) is 12.1 Å². The van der Waals surface area contributed by atoms with Crippen molar-refractivity contribution in [1.29, 1.82) is 0 Å². The molecule has 1 aromatic carbocycles. The van der Waals surface area contributed by atoms with Crippen molar-refractivity contribution in [3.8, 4) is 0 Å². The van der Waals surface area contributed by atoms with Crippen LogP contribution >= 0.6 is 0 Å². The Kier molecular flexibility index (Phi) is 5.59. The van der Waals surface area contributed by atoms with Gasteiger partial charge in [0, 0.05) is 12.1 Å². The fourth-order valence-corrected chi connectivity index (χ4v) is 1.96. The van der Waals surface area contributed by atoms with Gasteiger partial charge in [0.1, 0.15) is 5.82 Å². The van der Waals surface area contributed by atoms with Gasteiger partial charge in [-0.3, -0.25) is 0 Å². The largest absolute Gasteiger partial charge is 0.433 e. The lowest BCUT2D eigenvalue weighted by atomic mass is 10.1. The third-order valence-corrected chi connectivity index (χ3v) is 3.16. The summed E-state index contributed by atoms with van der Waals surface area (Å²) in [6.07, 6.45) is -9.53. The SMILES string of the molecule is C[C@H](CO)Nc1nc(Nc2ccccc2C(F)(F)F)cc(C(F)(F)F)n1. The maximum absolute atomic E-state index is 13.0. The Bertz CT molecular complexity index is 763. The molecule has 0 amide bonds. The first-order chi connectivity index (χ1) is 12.0. The molecule has 0 spiro atoms. The van der Waals surface area contributed by atoms with Gasteiger partial charge in [-0.2, -0.15) is 31.3 Å². The molecule has 0 bridgehead atoms. The molecule has 0 saturated carbocycles. The van der Waals surface area contributed by atoms with Crippen LogP contribution < -0.4 is 10.6 Å². The number of aromatic nitrogens is 2. The number of nitrogens with one attached hydrogen (secondary N) is 2. The zero-order valence-corrected chi connectivity index (χ0v) is 13.3. The molecule has 5 nitrogen and oxygen atoms in total. The third-order valence-electron chi connectivity index (χ3n) is 3.16.